The summed E-state index contributed by atoms with van der Waals surface area (Å²) < 4.78 is 1.19. The second kappa shape index (κ2) is 6.73. The van der Waals surface area contributed by atoms with Gasteiger partial charge in [0.2, 0.25) is 0 Å². The molecule has 1 atom stereocenters. The summed E-state index contributed by atoms with van der Waals surface area (Å²) >= 11 is 3.74. The minimum absolute atomic E-state index is 0.322. The van der Waals surface area contributed by atoms with Gasteiger partial charge in [0.1, 0.15) is 0 Å². The maximum atomic E-state index is 3.74. The average molecular weight is 345 g/mol. The van der Waals surface area contributed by atoms with E-state index in [-0.39, 0.29) is 0 Å². The van der Waals surface area contributed by atoms with Crippen molar-refractivity contribution in [1.82, 2.24) is 10.2 Å². The van der Waals surface area contributed by atoms with Crippen LogP contribution < -0.4 is 5.32 Å². The second-order valence-electron chi connectivity index (χ2n) is 5.62. The first-order chi connectivity index (χ1) is 10.3. The molecule has 3 heteroatoms. The zero-order valence-electron chi connectivity index (χ0n) is 12.3. The molecule has 0 bridgehead atoms. The predicted molar refractivity (Wildman–Crippen MR) is 91.6 cm³/mol. The van der Waals surface area contributed by atoms with Gasteiger partial charge in [0.25, 0.3) is 0 Å². The topological polar surface area (TPSA) is 15.3 Å². The maximum absolute atomic E-state index is 3.74. The van der Waals surface area contributed by atoms with Crippen LogP contribution in [0.25, 0.3) is 0 Å². The van der Waals surface area contributed by atoms with Crippen molar-refractivity contribution in [3.8, 4) is 0 Å². The highest BCUT2D eigenvalue weighted by molar-refractivity contribution is 9.10. The zero-order chi connectivity index (χ0) is 14.7. The highest BCUT2D eigenvalue weighted by atomic mass is 79.9. The van der Waals surface area contributed by atoms with Crippen LogP contribution in [0.15, 0.2) is 53.0 Å². The molecule has 0 aliphatic carbocycles. The number of aryl methyl sites for hydroxylation is 1. The molecule has 1 aliphatic heterocycles. The summed E-state index contributed by atoms with van der Waals surface area (Å²) in [6, 6.07) is 17.8. The monoisotopic (exact) mass is 344 g/mol. The van der Waals surface area contributed by atoms with Crippen molar-refractivity contribution in [2.45, 2.75) is 13.0 Å². The van der Waals surface area contributed by atoms with Crippen LogP contribution in [0.1, 0.15) is 22.7 Å². The van der Waals surface area contributed by atoms with Crippen molar-refractivity contribution in [2.75, 3.05) is 26.2 Å². The molecule has 21 heavy (non-hydrogen) atoms. The molecule has 110 valence electrons. The minimum Gasteiger partial charge on any atom is -0.314 e. The van der Waals surface area contributed by atoms with Crippen LogP contribution in [0.3, 0.4) is 0 Å². The molecule has 0 aromatic heterocycles. The Bertz CT molecular complexity index is 606. The van der Waals surface area contributed by atoms with E-state index in [1.807, 2.05) is 0 Å². The molecule has 2 aromatic rings. The van der Waals surface area contributed by atoms with E-state index in [0.29, 0.717) is 6.04 Å². The van der Waals surface area contributed by atoms with E-state index < -0.39 is 0 Å². The Balaban J connectivity index is 2.04. The van der Waals surface area contributed by atoms with Crippen LogP contribution in [-0.4, -0.2) is 31.1 Å². The highest BCUT2D eigenvalue weighted by Crippen LogP contribution is 2.33. The number of halogens is 1. The van der Waals surface area contributed by atoms with Crippen molar-refractivity contribution in [3.63, 3.8) is 0 Å². The lowest BCUT2D eigenvalue weighted by molar-refractivity contribution is 0.198. The van der Waals surface area contributed by atoms with E-state index in [1.165, 1.54) is 21.2 Å². The summed E-state index contributed by atoms with van der Waals surface area (Å²) in [5, 5.41) is 3.45. The third-order valence-corrected chi connectivity index (χ3v) is 4.80. The minimum atomic E-state index is 0.322. The molecule has 1 aliphatic rings. The summed E-state index contributed by atoms with van der Waals surface area (Å²) in [6.45, 7) is 6.46. The fraction of sp³-hybridized carbons (Fsp3) is 0.333. The van der Waals surface area contributed by atoms with Gasteiger partial charge in [-0.25, -0.2) is 0 Å². The fourth-order valence-electron chi connectivity index (χ4n) is 3.06. The zero-order valence-corrected chi connectivity index (χ0v) is 13.9. The van der Waals surface area contributed by atoms with E-state index in [4.69, 9.17) is 0 Å². The van der Waals surface area contributed by atoms with Crippen molar-refractivity contribution in [2.24, 2.45) is 0 Å². The first-order valence-corrected chi connectivity index (χ1v) is 8.31. The van der Waals surface area contributed by atoms with Gasteiger partial charge in [0, 0.05) is 30.7 Å². The van der Waals surface area contributed by atoms with E-state index in [1.54, 1.807) is 0 Å². The van der Waals surface area contributed by atoms with E-state index >= 15 is 0 Å². The normalized spacial score (nSPS) is 17.6. The van der Waals surface area contributed by atoms with Gasteiger partial charge in [-0.3, -0.25) is 4.90 Å². The quantitative estimate of drug-likeness (QED) is 0.911. The van der Waals surface area contributed by atoms with E-state index in [0.717, 1.165) is 26.2 Å². The van der Waals surface area contributed by atoms with Crippen LogP contribution in [0.4, 0.5) is 0 Å². The number of piperazine rings is 1. The van der Waals surface area contributed by atoms with Gasteiger partial charge in [0.15, 0.2) is 0 Å². The predicted octanol–water partition coefficient (Wildman–Crippen LogP) is 3.75. The molecule has 1 heterocycles. The molecule has 0 spiro atoms. The van der Waals surface area contributed by atoms with Gasteiger partial charge in [-0.2, -0.15) is 0 Å². The van der Waals surface area contributed by atoms with E-state index in [2.05, 4.69) is 81.6 Å². The molecule has 2 nitrogen and oxygen atoms in total. The van der Waals surface area contributed by atoms with E-state index in [9.17, 15) is 0 Å². The largest absolute Gasteiger partial charge is 0.314 e. The van der Waals surface area contributed by atoms with Gasteiger partial charge in [0.05, 0.1) is 6.04 Å². The van der Waals surface area contributed by atoms with Crippen molar-refractivity contribution < 1.29 is 0 Å². The average Bonchev–Trinajstić information content (AvgIpc) is 2.51. The third-order valence-electron chi connectivity index (χ3n) is 4.07. The summed E-state index contributed by atoms with van der Waals surface area (Å²) in [5.41, 5.74) is 4.05. The van der Waals surface area contributed by atoms with Crippen molar-refractivity contribution >= 4 is 15.9 Å². The molecule has 1 unspecified atom stereocenters. The number of benzene rings is 2. The van der Waals surface area contributed by atoms with Gasteiger partial charge < -0.3 is 5.32 Å². The number of nitrogens with zero attached hydrogens (tertiary/aromatic N) is 1. The summed E-state index contributed by atoms with van der Waals surface area (Å²) in [6.07, 6.45) is 0. The number of nitrogens with one attached hydrogen (secondary N) is 1. The Hall–Kier alpha value is -1.16. The Morgan fingerprint density at radius 1 is 1.05 bits per heavy atom. The highest BCUT2D eigenvalue weighted by Gasteiger charge is 2.25. The van der Waals surface area contributed by atoms with Crippen LogP contribution >= 0.6 is 15.9 Å². The molecule has 0 amide bonds. The lowest BCUT2D eigenvalue weighted by atomic mass is 9.95. The second-order valence-corrected chi connectivity index (χ2v) is 6.48. The van der Waals surface area contributed by atoms with Gasteiger partial charge in [-0.05, 0) is 24.1 Å². The molecule has 1 N–H and O–H groups in total. The molecule has 1 saturated heterocycles. The Morgan fingerprint density at radius 2 is 1.81 bits per heavy atom. The fourth-order valence-corrected chi connectivity index (χ4v) is 3.57. The lowest BCUT2D eigenvalue weighted by Gasteiger charge is -2.36. The molecule has 3 rings (SSSR count). The first-order valence-electron chi connectivity index (χ1n) is 7.51. The molecule has 0 radical (unpaired) electrons. The van der Waals surface area contributed by atoms with Gasteiger partial charge in [-0.1, -0.05) is 64.0 Å². The molecule has 0 saturated carbocycles. The number of hydrogen-bond donors (Lipinski definition) is 1. The van der Waals surface area contributed by atoms with Crippen LogP contribution in [0.5, 0.6) is 0 Å². The van der Waals surface area contributed by atoms with Crippen LogP contribution in [-0.2, 0) is 0 Å². The van der Waals surface area contributed by atoms with Crippen molar-refractivity contribution in [1.29, 1.82) is 0 Å². The molecular weight excluding hydrogens is 324 g/mol. The Morgan fingerprint density at radius 3 is 2.52 bits per heavy atom. The summed E-state index contributed by atoms with van der Waals surface area (Å²) in [7, 11) is 0. The number of rotatable bonds is 3. The third kappa shape index (κ3) is 3.37. The first kappa shape index (κ1) is 14.8. The molecular formula is C18H21BrN2. The maximum Gasteiger partial charge on any atom is 0.0613 e. The standard InChI is InChI=1S/C18H21BrN2/c1-14-5-4-6-15(13-14)18(21-11-9-20-10-12-21)16-7-2-3-8-17(16)19/h2-8,13,18,20H,9-12H2,1H3. The van der Waals surface area contributed by atoms with Crippen molar-refractivity contribution in [3.05, 3.63) is 69.7 Å². The Kier molecular flexibility index (Phi) is 4.73. The van der Waals surface area contributed by atoms with Gasteiger partial charge in [-0.15, -0.1) is 0 Å². The lowest BCUT2D eigenvalue weighted by Crippen LogP contribution is -2.45. The number of hydrogen-bond acceptors (Lipinski definition) is 2. The van der Waals surface area contributed by atoms with Gasteiger partial charge >= 0.3 is 0 Å². The summed E-state index contributed by atoms with van der Waals surface area (Å²) in [5.74, 6) is 0. The SMILES string of the molecule is Cc1cccc(C(c2ccccc2Br)N2CCNCC2)c1. The molecule has 2 aromatic carbocycles. The Labute approximate surface area is 135 Å². The molecule has 1 fully saturated rings. The van der Waals surface area contributed by atoms with Crippen LogP contribution in [0.2, 0.25) is 0 Å². The van der Waals surface area contributed by atoms with Crippen LogP contribution in [0, 0.1) is 6.92 Å². The smallest absolute Gasteiger partial charge is 0.0613 e. The summed E-state index contributed by atoms with van der Waals surface area (Å²) in [4.78, 5) is 2.57.